The highest BCUT2D eigenvalue weighted by Gasteiger charge is 2.30. The van der Waals surface area contributed by atoms with Gasteiger partial charge in [-0.25, -0.2) is 4.68 Å². The van der Waals surface area contributed by atoms with Gasteiger partial charge >= 0.3 is 12.1 Å². The molecule has 0 bridgehead atoms. The van der Waals surface area contributed by atoms with Gasteiger partial charge in [-0.15, -0.1) is 0 Å². The number of benzene rings is 1. The molecule has 0 unspecified atom stereocenters. The van der Waals surface area contributed by atoms with Gasteiger partial charge in [0.25, 0.3) is 5.91 Å². The number of aromatic nitrogens is 2. The van der Waals surface area contributed by atoms with Crippen LogP contribution in [0.5, 0.6) is 0 Å². The van der Waals surface area contributed by atoms with Crippen LogP contribution >= 0.6 is 0 Å². The zero-order valence-electron chi connectivity index (χ0n) is 13.1. The van der Waals surface area contributed by atoms with Crippen LogP contribution in [0.25, 0.3) is 5.69 Å². The van der Waals surface area contributed by atoms with Crippen LogP contribution in [0.2, 0.25) is 0 Å². The molecule has 0 saturated heterocycles. The van der Waals surface area contributed by atoms with E-state index in [1.807, 2.05) is 0 Å². The normalized spacial score (nSPS) is 11.3. The Morgan fingerprint density at radius 1 is 1.20 bits per heavy atom. The lowest BCUT2D eigenvalue weighted by Gasteiger charge is -2.08. The molecule has 0 aliphatic heterocycles. The molecule has 25 heavy (non-hydrogen) atoms. The molecular formula is C16H16F3N3O3. The maximum Gasteiger partial charge on any atom is 0.416 e. The Hall–Kier alpha value is -2.84. The molecule has 1 amide bonds. The summed E-state index contributed by atoms with van der Waals surface area (Å²) >= 11 is 0. The molecule has 1 aromatic heterocycles. The minimum Gasteiger partial charge on any atom is -0.481 e. The van der Waals surface area contributed by atoms with Gasteiger partial charge in [-0.2, -0.15) is 18.3 Å². The van der Waals surface area contributed by atoms with Gasteiger partial charge in [-0.05, 0) is 37.1 Å². The Labute approximate surface area is 141 Å². The molecule has 2 N–H and O–H groups in total. The third kappa shape index (κ3) is 5.33. The van der Waals surface area contributed by atoms with E-state index in [0.717, 1.165) is 12.1 Å². The number of rotatable bonds is 7. The van der Waals surface area contributed by atoms with Crippen LogP contribution in [-0.4, -0.2) is 33.3 Å². The molecule has 134 valence electrons. The summed E-state index contributed by atoms with van der Waals surface area (Å²) in [7, 11) is 0. The predicted octanol–water partition coefficient (Wildman–Crippen LogP) is 2.88. The molecule has 0 spiro atoms. The number of alkyl halides is 3. The van der Waals surface area contributed by atoms with E-state index < -0.39 is 23.6 Å². The van der Waals surface area contributed by atoms with Gasteiger partial charge < -0.3 is 10.4 Å². The maximum absolute atomic E-state index is 12.7. The monoisotopic (exact) mass is 355 g/mol. The SMILES string of the molecule is O=C(O)CCCCNC(=O)c1ccn(-c2cccc(C(F)(F)F)c2)n1. The highest BCUT2D eigenvalue weighted by molar-refractivity contribution is 5.92. The second kappa shape index (κ2) is 7.82. The number of halogens is 3. The number of hydrogen-bond donors (Lipinski definition) is 2. The van der Waals surface area contributed by atoms with Crippen molar-refractivity contribution in [1.29, 1.82) is 0 Å². The lowest BCUT2D eigenvalue weighted by molar-refractivity contribution is -0.138. The molecule has 2 rings (SSSR count). The van der Waals surface area contributed by atoms with Crippen LogP contribution < -0.4 is 5.32 Å². The van der Waals surface area contributed by atoms with Crippen molar-refractivity contribution in [1.82, 2.24) is 15.1 Å². The molecule has 0 aliphatic rings. The molecule has 9 heteroatoms. The quantitative estimate of drug-likeness (QED) is 0.748. The van der Waals surface area contributed by atoms with Crippen molar-refractivity contribution >= 4 is 11.9 Å². The van der Waals surface area contributed by atoms with E-state index in [0.29, 0.717) is 19.4 Å². The van der Waals surface area contributed by atoms with E-state index in [4.69, 9.17) is 5.11 Å². The summed E-state index contributed by atoms with van der Waals surface area (Å²) in [5.74, 6) is -1.37. The molecule has 0 saturated carbocycles. The van der Waals surface area contributed by atoms with Crippen LogP contribution in [-0.2, 0) is 11.0 Å². The summed E-state index contributed by atoms with van der Waals surface area (Å²) in [6, 6.07) is 6.02. The second-order valence-electron chi connectivity index (χ2n) is 5.30. The number of carbonyl (C=O) groups excluding carboxylic acids is 1. The van der Waals surface area contributed by atoms with E-state index >= 15 is 0 Å². The summed E-state index contributed by atoms with van der Waals surface area (Å²) in [5.41, 5.74) is -0.545. The van der Waals surface area contributed by atoms with Gasteiger partial charge in [0.15, 0.2) is 5.69 Å². The van der Waals surface area contributed by atoms with Gasteiger partial charge in [0, 0.05) is 19.2 Å². The Bertz CT molecular complexity index is 756. The fourth-order valence-corrected chi connectivity index (χ4v) is 2.11. The number of amides is 1. The topological polar surface area (TPSA) is 84.2 Å². The van der Waals surface area contributed by atoms with Gasteiger partial charge in [0.2, 0.25) is 0 Å². The van der Waals surface area contributed by atoms with Gasteiger partial charge in [-0.1, -0.05) is 6.07 Å². The first-order valence-corrected chi connectivity index (χ1v) is 7.50. The first-order chi connectivity index (χ1) is 11.8. The standard InChI is InChI=1S/C16H16F3N3O3/c17-16(18,19)11-4-3-5-12(10-11)22-9-7-13(21-22)15(25)20-8-2-1-6-14(23)24/h3-5,7,9-10H,1-2,6,8H2,(H,20,25)(H,23,24). The smallest absolute Gasteiger partial charge is 0.416 e. The molecule has 0 atom stereocenters. The van der Waals surface area contributed by atoms with Gasteiger partial charge in [0.05, 0.1) is 11.3 Å². The Morgan fingerprint density at radius 3 is 2.64 bits per heavy atom. The van der Waals surface area contributed by atoms with Gasteiger partial charge in [0.1, 0.15) is 0 Å². The largest absolute Gasteiger partial charge is 0.481 e. The zero-order chi connectivity index (χ0) is 18.4. The number of carbonyl (C=O) groups is 2. The summed E-state index contributed by atoms with van der Waals surface area (Å²) in [6.45, 7) is 0.294. The number of nitrogens with zero attached hydrogens (tertiary/aromatic N) is 2. The first-order valence-electron chi connectivity index (χ1n) is 7.50. The van der Waals surface area contributed by atoms with E-state index in [2.05, 4.69) is 10.4 Å². The van der Waals surface area contributed by atoms with E-state index in [-0.39, 0.29) is 17.8 Å². The summed E-state index contributed by atoms with van der Waals surface area (Å²) < 4.78 is 39.4. The molecule has 6 nitrogen and oxygen atoms in total. The number of carboxylic acid groups (broad SMARTS) is 1. The van der Waals surface area contributed by atoms with Gasteiger partial charge in [-0.3, -0.25) is 9.59 Å². The van der Waals surface area contributed by atoms with Crippen molar-refractivity contribution in [2.45, 2.75) is 25.4 Å². The molecular weight excluding hydrogens is 339 g/mol. The van der Waals surface area contributed by atoms with Crippen LogP contribution in [0.4, 0.5) is 13.2 Å². The Balaban J connectivity index is 1.98. The summed E-state index contributed by atoms with van der Waals surface area (Å²) in [5, 5.41) is 15.1. The predicted molar refractivity (Wildman–Crippen MR) is 82.4 cm³/mol. The van der Waals surface area contributed by atoms with Crippen LogP contribution in [0, 0.1) is 0 Å². The minimum absolute atomic E-state index is 0.0278. The number of unbranched alkanes of at least 4 members (excludes halogenated alkanes) is 1. The second-order valence-corrected chi connectivity index (χ2v) is 5.30. The lowest BCUT2D eigenvalue weighted by atomic mass is 10.2. The minimum atomic E-state index is -4.46. The lowest BCUT2D eigenvalue weighted by Crippen LogP contribution is -2.25. The van der Waals surface area contributed by atoms with Crippen LogP contribution in [0.15, 0.2) is 36.5 Å². The van der Waals surface area contributed by atoms with E-state index in [1.165, 1.54) is 29.1 Å². The molecule has 2 aromatic rings. The molecule has 0 fully saturated rings. The van der Waals surface area contributed by atoms with Crippen molar-refractivity contribution in [2.75, 3.05) is 6.54 Å². The van der Waals surface area contributed by atoms with E-state index in [9.17, 15) is 22.8 Å². The molecule has 1 aromatic carbocycles. The van der Waals surface area contributed by atoms with Crippen molar-refractivity contribution in [3.05, 3.63) is 47.8 Å². The fraction of sp³-hybridized carbons (Fsp3) is 0.312. The van der Waals surface area contributed by atoms with E-state index in [1.54, 1.807) is 0 Å². The van der Waals surface area contributed by atoms with Crippen molar-refractivity contribution in [2.24, 2.45) is 0 Å². The fourth-order valence-electron chi connectivity index (χ4n) is 2.11. The first kappa shape index (κ1) is 18.5. The molecule has 0 radical (unpaired) electrons. The summed E-state index contributed by atoms with van der Waals surface area (Å²) in [4.78, 5) is 22.3. The highest BCUT2D eigenvalue weighted by Crippen LogP contribution is 2.30. The third-order valence-corrected chi connectivity index (χ3v) is 3.36. The average molecular weight is 355 g/mol. The average Bonchev–Trinajstić information content (AvgIpc) is 3.03. The maximum atomic E-state index is 12.7. The van der Waals surface area contributed by atoms with Crippen molar-refractivity contribution in [3.63, 3.8) is 0 Å². The Kier molecular flexibility index (Phi) is 5.79. The number of aliphatic carboxylic acids is 1. The number of nitrogens with one attached hydrogen (secondary N) is 1. The molecule has 0 aliphatic carbocycles. The third-order valence-electron chi connectivity index (χ3n) is 3.36. The van der Waals surface area contributed by atoms with Crippen LogP contribution in [0.1, 0.15) is 35.3 Å². The Morgan fingerprint density at radius 2 is 1.96 bits per heavy atom. The van der Waals surface area contributed by atoms with Crippen molar-refractivity contribution in [3.8, 4) is 5.69 Å². The van der Waals surface area contributed by atoms with Crippen molar-refractivity contribution < 1.29 is 27.9 Å². The number of carboxylic acids is 1. The van der Waals surface area contributed by atoms with Crippen LogP contribution in [0.3, 0.4) is 0 Å². The molecule has 1 heterocycles. The highest BCUT2D eigenvalue weighted by atomic mass is 19.4. The zero-order valence-corrected chi connectivity index (χ0v) is 13.1. The summed E-state index contributed by atoms with van der Waals surface area (Å²) in [6.07, 6.45) is -2.09. The number of hydrogen-bond acceptors (Lipinski definition) is 3.